The third kappa shape index (κ3) is 7.65. The number of nitrogens with zero attached hydrogens (tertiary/aromatic N) is 5. The third-order valence-corrected chi connectivity index (χ3v) is 10.6. The van der Waals surface area contributed by atoms with Gasteiger partial charge in [0.2, 0.25) is 0 Å². The summed E-state index contributed by atoms with van der Waals surface area (Å²) in [5, 5.41) is 13.4. The lowest BCUT2D eigenvalue weighted by Crippen LogP contribution is -2.56. The number of phenols is 1. The van der Waals surface area contributed by atoms with Crippen molar-refractivity contribution in [2.75, 3.05) is 78.4 Å². The zero-order valence-electron chi connectivity index (χ0n) is 28.5. The van der Waals surface area contributed by atoms with Crippen LogP contribution < -0.4 is 10.1 Å². The standard InChI is InChI=1S/C36H50N6O6/c1-25-22-26(23-31(47-3)33(25)43)24-32(34(44)40-20-18-39(19-21-40)28-9-13-38(2)14-10-28)48-36(46)41-15-11-29(12-16-41)42-17-8-27-6-4-5-7-30(27)37-35(42)45/h4-7,22-23,28-29,32,43H,8-21,24H2,1-3H3,(H,37,45)/t32-/m1/s1. The van der Waals surface area contributed by atoms with Crippen molar-refractivity contribution in [2.24, 2.45) is 0 Å². The van der Waals surface area contributed by atoms with Gasteiger partial charge in [0.25, 0.3) is 5.91 Å². The number of urea groups is 1. The fourth-order valence-electron chi connectivity index (χ4n) is 7.65. The lowest BCUT2D eigenvalue weighted by Gasteiger charge is -2.42. The number of fused-ring (bicyclic) bond motifs is 1. The maximum absolute atomic E-state index is 14.0. The van der Waals surface area contributed by atoms with Crippen LogP contribution in [0.15, 0.2) is 36.4 Å². The van der Waals surface area contributed by atoms with Crippen LogP contribution in [0.5, 0.6) is 11.5 Å². The first-order chi connectivity index (χ1) is 23.2. The molecular formula is C36H50N6O6. The zero-order valence-corrected chi connectivity index (χ0v) is 28.5. The number of ether oxygens (including phenoxy) is 2. The number of rotatable bonds is 7. The van der Waals surface area contributed by atoms with Crippen molar-refractivity contribution in [2.45, 2.75) is 63.6 Å². The van der Waals surface area contributed by atoms with E-state index in [-0.39, 0.29) is 30.2 Å². The summed E-state index contributed by atoms with van der Waals surface area (Å²) in [5.74, 6) is 0.166. The second kappa shape index (κ2) is 15.0. The Balaban J connectivity index is 1.09. The normalized spacial score (nSPS) is 20.9. The maximum atomic E-state index is 14.0. The minimum atomic E-state index is -1.02. The lowest BCUT2D eigenvalue weighted by molar-refractivity contribution is -0.143. The minimum Gasteiger partial charge on any atom is -0.504 e. The predicted octanol–water partition coefficient (Wildman–Crippen LogP) is 3.55. The highest BCUT2D eigenvalue weighted by Gasteiger charge is 2.36. The van der Waals surface area contributed by atoms with Crippen LogP contribution in [0, 0.1) is 6.92 Å². The molecule has 0 aliphatic carbocycles. The number of aromatic hydroxyl groups is 1. The quantitative estimate of drug-likeness (QED) is 0.463. The van der Waals surface area contributed by atoms with Gasteiger partial charge >= 0.3 is 12.1 Å². The Morgan fingerprint density at radius 3 is 2.31 bits per heavy atom. The molecule has 1 atom stereocenters. The number of hydrogen-bond donors (Lipinski definition) is 2. The predicted molar refractivity (Wildman–Crippen MR) is 183 cm³/mol. The van der Waals surface area contributed by atoms with E-state index in [0.29, 0.717) is 62.9 Å². The fourth-order valence-corrected chi connectivity index (χ4v) is 7.65. The molecule has 2 aromatic rings. The van der Waals surface area contributed by atoms with Crippen molar-refractivity contribution in [1.82, 2.24) is 24.5 Å². The number of benzene rings is 2. The van der Waals surface area contributed by atoms with Gasteiger partial charge in [-0.2, -0.15) is 0 Å². The van der Waals surface area contributed by atoms with Gasteiger partial charge in [0, 0.05) is 70.0 Å². The van der Waals surface area contributed by atoms with Crippen molar-refractivity contribution in [3.8, 4) is 11.5 Å². The molecule has 0 spiro atoms. The topological polar surface area (TPSA) is 118 Å². The lowest BCUT2D eigenvalue weighted by atomic mass is 10.0. The molecule has 0 radical (unpaired) electrons. The molecule has 0 aromatic heterocycles. The van der Waals surface area contributed by atoms with Gasteiger partial charge in [-0.15, -0.1) is 0 Å². The Morgan fingerprint density at radius 1 is 0.917 bits per heavy atom. The molecule has 12 heteroatoms. The average molecular weight is 663 g/mol. The first-order valence-electron chi connectivity index (χ1n) is 17.4. The number of anilines is 1. The number of piperazine rings is 1. The van der Waals surface area contributed by atoms with E-state index >= 15 is 0 Å². The number of piperidine rings is 2. The Hall–Kier alpha value is -4.03. The van der Waals surface area contributed by atoms with Crippen LogP contribution in [0.4, 0.5) is 15.3 Å². The molecule has 2 aromatic carbocycles. The van der Waals surface area contributed by atoms with E-state index in [1.165, 1.54) is 7.11 Å². The maximum Gasteiger partial charge on any atom is 0.410 e. The molecule has 4 heterocycles. The molecule has 0 saturated carbocycles. The van der Waals surface area contributed by atoms with Gasteiger partial charge in [-0.3, -0.25) is 9.69 Å². The number of amides is 4. The summed E-state index contributed by atoms with van der Waals surface area (Å²) in [6.07, 6.45) is 2.94. The summed E-state index contributed by atoms with van der Waals surface area (Å²) in [5.41, 5.74) is 3.34. The van der Waals surface area contributed by atoms with Crippen LogP contribution in [-0.2, 0) is 22.4 Å². The van der Waals surface area contributed by atoms with Crippen molar-refractivity contribution >= 4 is 23.7 Å². The van der Waals surface area contributed by atoms with Gasteiger partial charge in [-0.25, -0.2) is 9.59 Å². The minimum absolute atomic E-state index is 0.00841. The first-order valence-corrected chi connectivity index (χ1v) is 17.4. The Morgan fingerprint density at radius 2 is 1.60 bits per heavy atom. The third-order valence-electron chi connectivity index (χ3n) is 10.6. The van der Waals surface area contributed by atoms with Crippen molar-refractivity contribution in [3.05, 3.63) is 53.1 Å². The van der Waals surface area contributed by atoms with Crippen LogP contribution in [0.2, 0.25) is 0 Å². The second-order valence-corrected chi connectivity index (χ2v) is 13.7. The molecule has 4 amide bonds. The molecule has 6 rings (SSSR count). The number of phenolic OH excluding ortho intramolecular Hbond substituents is 1. The van der Waals surface area contributed by atoms with E-state index in [9.17, 15) is 19.5 Å². The van der Waals surface area contributed by atoms with Crippen LogP contribution in [-0.4, -0.2) is 139 Å². The molecule has 2 N–H and O–H groups in total. The van der Waals surface area contributed by atoms with Gasteiger partial charge in [0.05, 0.1) is 7.11 Å². The molecule has 0 unspecified atom stereocenters. The smallest absolute Gasteiger partial charge is 0.410 e. The van der Waals surface area contributed by atoms with Crippen LogP contribution in [0.3, 0.4) is 0 Å². The summed E-state index contributed by atoms with van der Waals surface area (Å²) >= 11 is 0. The Kier molecular flexibility index (Phi) is 10.6. The number of carbonyl (C=O) groups is 3. The van der Waals surface area contributed by atoms with E-state index in [1.807, 2.05) is 34.1 Å². The van der Waals surface area contributed by atoms with Gasteiger partial charge in [-0.05, 0) is 88.0 Å². The molecule has 12 nitrogen and oxygen atoms in total. The number of nitrogens with one attached hydrogen (secondary N) is 1. The second-order valence-electron chi connectivity index (χ2n) is 13.7. The highest BCUT2D eigenvalue weighted by atomic mass is 16.6. The number of hydrogen-bond acceptors (Lipinski definition) is 8. The molecule has 0 bridgehead atoms. The van der Waals surface area contributed by atoms with Crippen LogP contribution >= 0.6 is 0 Å². The van der Waals surface area contributed by atoms with E-state index in [0.717, 1.165) is 62.3 Å². The first kappa shape index (κ1) is 33.9. The summed E-state index contributed by atoms with van der Waals surface area (Å²) < 4.78 is 11.4. The summed E-state index contributed by atoms with van der Waals surface area (Å²) in [6.45, 7) is 8.22. The molecule has 3 saturated heterocycles. The SMILES string of the molecule is COc1cc(C[C@@H](OC(=O)N2CCC(N3CCc4ccccc4NC3=O)CC2)C(=O)N2CCN(C3CCN(C)CC3)CC2)cc(C)c1O. The van der Waals surface area contributed by atoms with Crippen LogP contribution in [0.1, 0.15) is 42.4 Å². The molecule has 4 aliphatic heterocycles. The van der Waals surface area contributed by atoms with Gasteiger partial charge in [0.1, 0.15) is 0 Å². The van der Waals surface area contributed by atoms with Crippen molar-refractivity contribution in [1.29, 1.82) is 0 Å². The highest BCUT2D eigenvalue weighted by molar-refractivity contribution is 5.91. The van der Waals surface area contributed by atoms with E-state index in [4.69, 9.17) is 9.47 Å². The molecular weight excluding hydrogens is 612 g/mol. The van der Waals surface area contributed by atoms with Crippen molar-refractivity contribution < 1.29 is 29.0 Å². The van der Waals surface area contributed by atoms with Gasteiger partial charge < -0.3 is 39.5 Å². The van der Waals surface area contributed by atoms with E-state index < -0.39 is 12.2 Å². The zero-order chi connectivity index (χ0) is 33.8. The van der Waals surface area contributed by atoms with Crippen molar-refractivity contribution in [3.63, 3.8) is 0 Å². The Labute approximate surface area is 283 Å². The van der Waals surface area contributed by atoms with E-state index in [1.54, 1.807) is 24.0 Å². The number of carbonyl (C=O) groups excluding carboxylic acids is 3. The summed E-state index contributed by atoms with van der Waals surface area (Å²) in [6, 6.07) is 11.8. The van der Waals surface area contributed by atoms with Gasteiger partial charge in [-0.1, -0.05) is 24.3 Å². The Bertz CT molecular complexity index is 1460. The fraction of sp³-hybridized carbons (Fsp3) is 0.583. The summed E-state index contributed by atoms with van der Waals surface area (Å²) in [4.78, 5) is 51.0. The molecule has 48 heavy (non-hydrogen) atoms. The highest BCUT2D eigenvalue weighted by Crippen LogP contribution is 2.32. The van der Waals surface area contributed by atoms with Gasteiger partial charge in [0.15, 0.2) is 17.6 Å². The average Bonchev–Trinajstić information content (AvgIpc) is 3.27. The molecule has 4 aliphatic rings. The number of para-hydroxylation sites is 1. The van der Waals surface area contributed by atoms with E-state index in [2.05, 4.69) is 22.2 Å². The summed E-state index contributed by atoms with van der Waals surface area (Å²) in [7, 11) is 3.65. The van der Waals surface area contributed by atoms with Crippen LogP contribution in [0.25, 0.3) is 0 Å². The molecule has 3 fully saturated rings. The number of likely N-dealkylation sites (tertiary alicyclic amines) is 2. The monoisotopic (exact) mass is 662 g/mol. The molecule has 260 valence electrons. The number of aryl methyl sites for hydroxylation is 1. The number of methoxy groups -OCH3 is 1. The largest absolute Gasteiger partial charge is 0.504 e.